The first kappa shape index (κ1) is 100. The predicted molar refractivity (Wildman–Crippen MR) is 375 cm³/mol. The summed E-state index contributed by atoms with van der Waals surface area (Å²) in [7, 11) is 0. The number of rotatable bonds is 31. The van der Waals surface area contributed by atoms with E-state index in [4.69, 9.17) is 90.0 Å². The Balaban J connectivity index is 0.975. The third kappa shape index (κ3) is 22.0. The Hall–Kier alpha value is -3.96. The van der Waals surface area contributed by atoms with Gasteiger partial charge in [0.05, 0.1) is 65.6 Å². The van der Waals surface area contributed by atoms with E-state index in [2.05, 4.69) is 21.3 Å². The van der Waals surface area contributed by atoms with Crippen molar-refractivity contribution < 1.29 is 247 Å². The lowest BCUT2D eigenvalue weighted by Gasteiger charge is -2.51. The number of carbonyl (C=O) groups excluding carboxylic acids is 4. The molecule has 0 saturated carbocycles. The van der Waals surface area contributed by atoms with E-state index in [0.29, 0.717) is 0 Å². The van der Waals surface area contributed by atoms with Gasteiger partial charge in [-0.05, 0) is 6.92 Å². The normalized spacial score (nSPS) is 49.7. The molecule has 10 rings (SSSR count). The predicted octanol–water partition coefficient (Wildman–Crippen LogP) is -21.2. The van der Waals surface area contributed by atoms with Crippen molar-refractivity contribution in [1.82, 2.24) is 21.3 Å². The number of aliphatic hydroxyl groups excluding tert-OH is 27. The van der Waals surface area contributed by atoms with Crippen LogP contribution in [-0.4, -0.2) is 528 Å². The molecule has 0 bridgehead atoms. The van der Waals surface area contributed by atoms with Gasteiger partial charge in [0.2, 0.25) is 23.6 Å². The fourth-order valence-electron chi connectivity index (χ4n) is 15.8. The molecule has 54 nitrogen and oxygen atoms in total. The van der Waals surface area contributed by atoms with Crippen molar-refractivity contribution >= 4 is 23.6 Å². The second-order valence-corrected chi connectivity index (χ2v) is 31.0. The minimum Gasteiger partial charge on any atom is -0.394 e. The van der Waals surface area contributed by atoms with Crippen molar-refractivity contribution in [2.45, 2.75) is 341 Å². The summed E-state index contributed by atoms with van der Waals surface area (Å²) < 4.78 is 113. The largest absolute Gasteiger partial charge is 0.394 e. The van der Waals surface area contributed by atoms with Gasteiger partial charge in [0, 0.05) is 27.7 Å². The van der Waals surface area contributed by atoms with E-state index in [0.717, 1.165) is 27.7 Å². The van der Waals surface area contributed by atoms with Crippen molar-refractivity contribution in [2.24, 2.45) is 0 Å². The van der Waals surface area contributed by atoms with Crippen molar-refractivity contribution in [1.29, 1.82) is 0 Å². The molecule has 0 aromatic carbocycles. The fourth-order valence-corrected chi connectivity index (χ4v) is 15.8. The van der Waals surface area contributed by atoms with Gasteiger partial charge in [0.1, 0.15) is 238 Å². The van der Waals surface area contributed by atoms with Gasteiger partial charge >= 0.3 is 0 Å². The molecule has 50 atom stereocenters. The number of ether oxygens (including phenoxy) is 19. The van der Waals surface area contributed by atoms with Crippen molar-refractivity contribution in [3.05, 3.63) is 0 Å². The van der Waals surface area contributed by atoms with Crippen LogP contribution < -0.4 is 21.3 Å². The molecule has 10 saturated heterocycles. The Morgan fingerprint density at radius 3 is 0.943 bits per heavy atom. The number of aliphatic hydroxyl groups is 27. The molecule has 706 valence electrons. The van der Waals surface area contributed by atoms with Gasteiger partial charge in [-0.1, -0.05) is 0 Å². The lowest BCUT2D eigenvalue weighted by Crippen LogP contribution is -2.71. The average molecular weight is 1790 g/mol. The van der Waals surface area contributed by atoms with Crippen molar-refractivity contribution in [2.75, 3.05) is 59.5 Å². The highest BCUT2D eigenvalue weighted by atomic mass is 16.8. The summed E-state index contributed by atoms with van der Waals surface area (Å²) in [5.41, 5.74) is 0. The van der Waals surface area contributed by atoms with Crippen LogP contribution in [0.15, 0.2) is 0 Å². The summed E-state index contributed by atoms with van der Waals surface area (Å²) in [6, 6.07) is -7.44. The third-order valence-electron chi connectivity index (χ3n) is 22.4. The summed E-state index contributed by atoms with van der Waals surface area (Å²) >= 11 is 0. The first-order valence-electron chi connectivity index (χ1n) is 39.0. The molecule has 31 N–H and O–H groups in total. The van der Waals surface area contributed by atoms with Crippen LogP contribution in [0.2, 0.25) is 0 Å². The summed E-state index contributed by atoms with van der Waals surface area (Å²) in [4.78, 5) is 51.1. The topological polar surface area (TPSA) is 838 Å². The maximum Gasteiger partial charge on any atom is 0.217 e. The molecule has 122 heavy (non-hydrogen) atoms. The zero-order chi connectivity index (χ0) is 89.8. The van der Waals surface area contributed by atoms with E-state index in [1.165, 1.54) is 6.92 Å². The summed E-state index contributed by atoms with van der Waals surface area (Å²) in [6.45, 7) is -4.77. The molecular formula is C68H114N4O50. The van der Waals surface area contributed by atoms with E-state index in [9.17, 15) is 157 Å². The zero-order valence-electron chi connectivity index (χ0n) is 65.7. The number of amides is 4. The molecule has 10 aliphatic heterocycles. The molecule has 10 aliphatic rings. The number of nitrogens with one attached hydrogen (secondary N) is 4. The van der Waals surface area contributed by atoms with Crippen LogP contribution >= 0.6 is 0 Å². The van der Waals surface area contributed by atoms with Gasteiger partial charge in [-0.25, -0.2) is 0 Å². The minimum atomic E-state index is -2.62. The molecule has 0 aliphatic carbocycles. The van der Waals surface area contributed by atoms with Gasteiger partial charge in [-0.2, -0.15) is 0 Å². The summed E-state index contributed by atoms with van der Waals surface area (Å²) in [5, 5.41) is 311. The first-order valence-corrected chi connectivity index (χ1v) is 39.0. The second-order valence-electron chi connectivity index (χ2n) is 31.0. The van der Waals surface area contributed by atoms with Crippen molar-refractivity contribution in [3.8, 4) is 0 Å². The Labute approximate surface area is 691 Å². The smallest absolute Gasteiger partial charge is 0.217 e. The standard InChI is InChI=1S/C68H114N4O50/c1-15-33(84)44(95)48(99)63(106-15)105-14-28-54(41(92)29(59(103)107-28)69-16(2)80)117-61-31(71-18(4)82)43(94)53(26(12-79)113-61)118-66-51(102)56(39(90)27(115-66)13-104-64-50(101)55(38(89)24(10-77)109-64)119-68-58(47(98)37(88)23(9-76)112-68)122-65-49(100)45(96)35(86)21(7-74)110-65)120-67-57(46(97)36(87)22(8-75)111-67)121-62-32(72-19(5)83)42(93)52(25(11-78)114-62)116-60-30(70-17(3)81)40(91)34(85)20(6-73)108-60/h15,20-68,73-79,84-103H,6-14H2,1-5H3,(H,69,80)(H,70,81)(H,71,82)(H,72,83)/t15-,20+,21+,22+,23+,24+,25+,26+,27+,28+,29+,30+,31+,32+,33+,34-,35+,36+,37+,38+,39+,40+,41+,42+,43+,44+,45-,46-,47-,48-,49-,50-,51-,52+,53+,54+,55-,56-,57-,58-,59?,60-,61-,62-,63+,64-,65+,66-,67+,68+/m0/s1. The van der Waals surface area contributed by atoms with Crippen LogP contribution in [0.3, 0.4) is 0 Å². The second kappa shape index (κ2) is 43.6. The monoisotopic (exact) mass is 1790 g/mol. The van der Waals surface area contributed by atoms with Crippen LogP contribution in [-0.2, 0) is 109 Å². The Morgan fingerprint density at radius 1 is 0.230 bits per heavy atom. The van der Waals surface area contributed by atoms with Crippen LogP contribution in [0.25, 0.3) is 0 Å². The maximum absolute atomic E-state index is 13.2. The van der Waals surface area contributed by atoms with E-state index in [1.54, 1.807) is 0 Å². The molecule has 0 spiro atoms. The van der Waals surface area contributed by atoms with Gasteiger partial charge < -0.3 is 249 Å². The van der Waals surface area contributed by atoms with Crippen LogP contribution in [0, 0.1) is 0 Å². The molecule has 0 aromatic rings. The molecule has 0 aromatic heterocycles. The van der Waals surface area contributed by atoms with E-state index >= 15 is 0 Å². The molecule has 4 amide bonds. The first-order chi connectivity index (χ1) is 57.7. The number of hydrogen-bond acceptors (Lipinski definition) is 50. The molecule has 0 radical (unpaired) electrons. The highest BCUT2D eigenvalue weighted by molar-refractivity contribution is 5.74. The zero-order valence-corrected chi connectivity index (χ0v) is 65.7. The lowest BCUT2D eigenvalue weighted by molar-refractivity contribution is -0.399. The molecular weight excluding hydrogens is 1670 g/mol. The van der Waals surface area contributed by atoms with Gasteiger partial charge in [-0.3, -0.25) is 19.2 Å². The average Bonchev–Trinajstić information content (AvgIpc) is 0.764. The number of hydrogen-bond donors (Lipinski definition) is 31. The fraction of sp³-hybridized carbons (Fsp3) is 0.941. The van der Waals surface area contributed by atoms with E-state index < -0.39 is 390 Å². The van der Waals surface area contributed by atoms with E-state index in [-0.39, 0.29) is 0 Å². The van der Waals surface area contributed by atoms with Gasteiger partial charge in [0.25, 0.3) is 0 Å². The highest BCUT2D eigenvalue weighted by Gasteiger charge is 2.62. The maximum atomic E-state index is 13.2. The Morgan fingerprint density at radius 2 is 0.500 bits per heavy atom. The Bertz CT molecular complexity index is 3290. The van der Waals surface area contributed by atoms with Crippen LogP contribution in [0.4, 0.5) is 0 Å². The van der Waals surface area contributed by atoms with E-state index in [1.807, 2.05) is 0 Å². The minimum absolute atomic E-state index is 0.819. The SMILES string of the molecule is CC(=O)N[C@H]1[C@H](O[C@H]2[C@H](O)[C@@H](NC(C)=O)C(O)O[C@@H]2CO[C@@H]2O[C@@H](C)[C@@H](O)[C@@H](O)[C@@H]2O)O[C@H](CO)[C@@H](O[C@@H]2O[C@H](CO[C@H]3O[C@H](CO)[C@@H](O)[C@H](O[C@H]4O[C@H](CO)[C@@H](O)[C@H](O)[C@@H]4O[C@H]4O[C@H](CO)[C@@H](O)[C@H](O)[C@@H]4O)[C@@H]3O)[C@@H](O)[C@H](O[C@H]3O[C@H](CO)[C@@H](O)[C@H](O)[C@@H]3O[C@@H]3O[C@H](CO)[C@@H](O[C@@H]4O[C@H](CO)[C@H](O)[C@H](O)[C@H]4NC(C)=O)[C@H](O)[C@H]3NC(C)=O)[C@@H]2O)[C@@H]1O. The van der Waals surface area contributed by atoms with Crippen LogP contribution in [0.5, 0.6) is 0 Å². The number of carbonyl (C=O) groups is 4. The molecule has 1 unspecified atom stereocenters. The lowest BCUT2D eigenvalue weighted by atomic mass is 9.93. The van der Waals surface area contributed by atoms with Gasteiger partial charge in [0.15, 0.2) is 62.9 Å². The Kier molecular flexibility index (Phi) is 35.8. The molecule has 10 fully saturated rings. The summed E-state index contributed by atoms with van der Waals surface area (Å²) in [6.07, 6.45) is -95.7. The van der Waals surface area contributed by atoms with Gasteiger partial charge in [-0.15, -0.1) is 0 Å². The summed E-state index contributed by atoms with van der Waals surface area (Å²) in [5.74, 6) is -3.63. The molecule has 54 heteroatoms. The van der Waals surface area contributed by atoms with Crippen molar-refractivity contribution in [3.63, 3.8) is 0 Å². The highest BCUT2D eigenvalue weighted by Crippen LogP contribution is 2.41. The quantitative estimate of drug-likeness (QED) is 0.0306. The third-order valence-corrected chi connectivity index (χ3v) is 22.4. The molecule has 10 heterocycles. The van der Waals surface area contributed by atoms with Crippen LogP contribution in [0.1, 0.15) is 34.6 Å².